The van der Waals surface area contributed by atoms with Crippen molar-refractivity contribution < 1.29 is 17.7 Å². The highest BCUT2D eigenvalue weighted by molar-refractivity contribution is 7.92. The molecule has 0 saturated carbocycles. The summed E-state index contributed by atoms with van der Waals surface area (Å²) in [6, 6.07) is 1.78. The van der Waals surface area contributed by atoms with E-state index in [0.717, 1.165) is 0 Å². The zero-order valence-corrected chi connectivity index (χ0v) is 10.0. The van der Waals surface area contributed by atoms with Crippen molar-refractivity contribution in [1.29, 1.82) is 0 Å². The Hall–Kier alpha value is -1.08. The lowest BCUT2D eigenvalue weighted by molar-refractivity contribution is 0.221. The van der Waals surface area contributed by atoms with Gasteiger partial charge in [0.05, 0.1) is 25.2 Å². The minimum absolute atomic E-state index is 0.0843. The average molecular weight is 246 g/mol. The molecule has 16 heavy (non-hydrogen) atoms. The summed E-state index contributed by atoms with van der Waals surface area (Å²) in [5.74, 6) is 1.57. The van der Waals surface area contributed by atoms with E-state index in [1.165, 1.54) is 7.11 Å². The van der Waals surface area contributed by atoms with Crippen molar-refractivity contribution in [3.63, 3.8) is 0 Å². The molecule has 0 aliphatic carbocycles. The number of sulfone groups is 1. The highest BCUT2D eigenvalue weighted by Crippen LogP contribution is 2.19. The molecule has 1 aliphatic rings. The number of nitrogens with zero attached hydrogens (tertiary/aromatic N) is 2. The molecule has 0 N–H and O–H groups in total. The fourth-order valence-electron chi connectivity index (χ4n) is 1.63. The second-order valence-electron chi connectivity index (χ2n) is 3.98. The van der Waals surface area contributed by atoms with Crippen LogP contribution in [0.1, 0.15) is 5.76 Å². The maximum Gasteiger partial charge on any atom is 0.254 e. The number of ether oxygens (including phenoxy) is 1. The van der Waals surface area contributed by atoms with Crippen LogP contribution in [0.3, 0.4) is 0 Å². The van der Waals surface area contributed by atoms with E-state index >= 15 is 0 Å². The molecule has 90 valence electrons. The summed E-state index contributed by atoms with van der Waals surface area (Å²) in [4.78, 5) is 1.95. The number of hydrogen-bond donors (Lipinski definition) is 0. The molecule has 0 spiro atoms. The van der Waals surface area contributed by atoms with Gasteiger partial charge in [-0.15, -0.1) is 0 Å². The Labute approximate surface area is 94.1 Å². The molecular weight excluding hydrogens is 232 g/mol. The third-order valence-electron chi connectivity index (χ3n) is 2.67. The van der Waals surface area contributed by atoms with E-state index in [9.17, 15) is 8.42 Å². The Morgan fingerprint density at radius 2 is 2.31 bits per heavy atom. The third kappa shape index (κ3) is 2.35. The van der Waals surface area contributed by atoms with Crippen molar-refractivity contribution in [3.8, 4) is 5.88 Å². The van der Waals surface area contributed by atoms with E-state index in [1.54, 1.807) is 6.07 Å². The quantitative estimate of drug-likeness (QED) is 0.739. The third-order valence-corrected chi connectivity index (χ3v) is 4.45. The number of rotatable bonds is 4. The first-order valence-corrected chi connectivity index (χ1v) is 6.72. The Bertz CT molecular complexity index is 456. The molecule has 1 saturated heterocycles. The number of aromatic nitrogens is 1. The van der Waals surface area contributed by atoms with Crippen LogP contribution in [0, 0.1) is 0 Å². The molecule has 1 fully saturated rings. The van der Waals surface area contributed by atoms with Crippen molar-refractivity contribution >= 4 is 9.84 Å². The van der Waals surface area contributed by atoms with E-state index in [-0.39, 0.29) is 17.5 Å². The van der Waals surface area contributed by atoms with Gasteiger partial charge in [-0.25, -0.2) is 8.42 Å². The van der Waals surface area contributed by atoms with Gasteiger partial charge in [-0.05, 0) is 12.2 Å². The maximum absolute atomic E-state index is 11.0. The van der Waals surface area contributed by atoms with Crippen molar-refractivity contribution in [2.45, 2.75) is 12.6 Å². The van der Waals surface area contributed by atoms with Gasteiger partial charge in [0.25, 0.3) is 5.88 Å². The van der Waals surface area contributed by atoms with Crippen LogP contribution in [0.15, 0.2) is 10.6 Å². The van der Waals surface area contributed by atoms with E-state index in [1.807, 2.05) is 11.9 Å². The van der Waals surface area contributed by atoms with Gasteiger partial charge in [-0.1, -0.05) is 0 Å². The SMILES string of the molecule is COc1cc(CN(C)C2CS(=O)(=O)C2)on1. The van der Waals surface area contributed by atoms with E-state index in [2.05, 4.69) is 5.16 Å². The van der Waals surface area contributed by atoms with Crippen LogP contribution in [-0.4, -0.2) is 50.2 Å². The molecule has 2 heterocycles. The van der Waals surface area contributed by atoms with Crippen LogP contribution in [0.5, 0.6) is 5.88 Å². The van der Waals surface area contributed by atoms with Gasteiger partial charge < -0.3 is 9.26 Å². The van der Waals surface area contributed by atoms with Crippen molar-refractivity contribution in [3.05, 3.63) is 11.8 Å². The normalized spacial score (nSPS) is 19.7. The summed E-state index contributed by atoms with van der Waals surface area (Å²) in [5.41, 5.74) is 0. The van der Waals surface area contributed by atoms with Gasteiger partial charge >= 0.3 is 0 Å². The Balaban J connectivity index is 1.90. The van der Waals surface area contributed by atoms with Gasteiger partial charge in [-0.2, -0.15) is 0 Å². The molecule has 0 radical (unpaired) electrons. The summed E-state index contributed by atoms with van der Waals surface area (Å²) in [7, 11) is 0.607. The number of hydrogen-bond acceptors (Lipinski definition) is 6. The van der Waals surface area contributed by atoms with E-state index in [4.69, 9.17) is 9.26 Å². The summed E-state index contributed by atoms with van der Waals surface area (Å²) in [6.45, 7) is 0.538. The highest BCUT2D eigenvalue weighted by Gasteiger charge is 2.36. The summed E-state index contributed by atoms with van der Waals surface area (Å²) in [5, 5.41) is 3.68. The molecule has 6 nitrogen and oxygen atoms in total. The van der Waals surface area contributed by atoms with Gasteiger partial charge in [0.1, 0.15) is 0 Å². The lowest BCUT2D eigenvalue weighted by Crippen LogP contribution is -2.51. The lowest BCUT2D eigenvalue weighted by Gasteiger charge is -2.33. The zero-order chi connectivity index (χ0) is 11.8. The molecule has 2 rings (SSSR count). The lowest BCUT2D eigenvalue weighted by atomic mass is 10.3. The second kappa shape index (κ2) is 4.06. The molecule has 1 aromatic heterocycles. The van der Waals surface area contributed by atoms with E-state index in [0.29, 0.717) is 18.2 Å². The van der Waals surface area contributed by atoms with Crippen molar-refractivity contribution in [2.24, 2.45) is 0 Å². The molecule has 0 atom stereocenters. The van der Waals surface area contributed by atoms with E-state index < -0.39 is 9.84 Å². The average Bonchev–Trinajstić information content (AvgIpc) is 2.61. The minimum Gasteiger partial charge on any atom is -0.479 e. The van der Waals surface area contributed by atoms with Crippen LogP contribution < -0.4 is 4.74 Å². The standard InChI is InChI=1S/C9H14N2O4S/c1-11(7-5-16(12,13)6-7)4-8-3-9(14-2)10-15-8/h3,7H,4-6H2,1-2H3. The first kappa shape index (κ1) is 11.4. The summed E-state index contributed by atoms with van der Waals surface area (Å²) < 4.78 is 32.0. The van der Waals surface area contributed by atoms with Crippen molar-refractivity contribution in [1.82, 2.24) is 10.1 Å². The molecular formula is C9H14N2O4S. The predicted octanol–water partition coefficient (Wildman–Crippen LogP) is -0.0880. The summed E-state index contributed by atoms with van der Waals surface area (Å²) >= 11 is 0. The van der Waals surface area contributed by atoms with Crippen LogP contribution in [-0.2, 0) is 16.4 Å². The molecule has 0 aromatic carbocycles. The fourth-order valence-corrected chi connectivity index (χ4v) is 3.22. The first-order chi connectivity index (χ1) is 7.50. The zero-order valence-electron chi connectivity index (χ0n) is 9.21. The largest absolute Gasteiger partial charge is 0.479 e. The fraction of sp³-hybridized carbons (Fsp3) is 0.667. The second-order valence-corrected chi connectivity index (χ2v) is 6.14. The Kier molecular flexibility index (Phi) is 2.90. The monoisotopic (exact) mass is 246 g/mol. The molecule has 1 aromatic rings. The van der Waals surface area contributed by atoms with Crippen LogP contribution in [0.25, 0.3) is 0 Å². The van der Waals surface area contributed by atoms with Gasteiger partial charge in [-0.3, -0.25) is 4.90 Å². The molecule has 0 amide bonds. The molecule has 1 aliphatic heterocycles. The Morgan fingerprint density at radius 3 is 2.81 bits per heavy atom. The smallest absolute Gasteiger partial charge is 0.254 e. The van der Waals surface area contributed by atoms with Crippen molar-refractivity contribution in [2.75, 3.05) is 25.7 Å². The Morgan fingerprint density at radius 1 is 1.62 bits per heavy atom. The van der Waals surface area contributed by atoms with Crippen LogP contribution in [0.2, 0.25) is 0 Å². The minimum atomic E-state index is -2.78. The first-order valence-electron chi connectivity index (χ1n) is 4.90. The molecule has 0 unspecified atom stereocenters. The summed E-state index contributed by atoms with van der Waals surface area (Å²) in [6.07, 6.45) is 0. The molecule has 7 heteroatoms. The highest BCUT2D eigenvalue weighted by atomic mass is 32.2. The van der Waals surface area contributed by atoms with Gasteiger partial charge in [0, 0.05) is 12.1 Å². The topological polar surface area (TPSA) is 72.6 Å². The van der Waals surface area contributed by atoms with Crippen LogP contribution >= 0.6 is 0 Å². The van der Waals surface area contributed by atoms with Gasteiger partial charge in [0.2, 0.25) is 0 Å². The van der Waals surface area contributed by atoms with Gasteiger partial charge in [0.15, 0.2) is 15.6 Å². The number of methoxy groups -OCH3 is 1. The van der Waals surface area contributed by atoms with Crippen LogP contribution in [0.4, 0.5) is 0 Å². The predicted molar refractivity (Wildman–Crippen MR) is 57.0 cm³/mol. The molecule has 0 bridgehead atoms. The maximum atomic E-state index is 11.0.